The fraction of sp³-hybridized carbons (Fsp3) is 0.289. The topological polar surface area (TPSA) is 129 Å². The highest BCUT2D eigenvalue weighted by molar-refractivity contribution is 5.87. The van der Waals surface area contributed by atoms with Crippen LogP contribution in [0.1, 0.15) is 34.1 Å². The minimum Gasteiger partial charge on any atom is -0.448 e. The first kappa shape index (κ1) is 31.4. The van der Waals surface area contributed by atoms with Crippen molar-refractivity contribution in [1.82, 2.24) is 15.1 Å². The SMILES string of the molecule is O=C(NCC(O)CO)C1CN(C(=O)OCC2c3ccccc3-c3ccccc32)CCN1C(=O)OCC1c2ccccc2-c2ccccc21. The Kier molecular flexibility index (Phi) is 8.84. The summed E-state index contributed by atoms with van der Waals surface area (Å²) in [7, 11) is 0. The summed E-state index contributed by atoms with van der Waals surface area (Å²) in [6.07, 6.45) is -2.43. The Morgan fingerprint density at radius 2 is 1.12 bits per heavy atom. The number of hydrogen-bond donors (Lipinski definition) is 3. The van der Waals surface area contributed by atoms with Gasteiger partial charge in [0.2, 0.25) is 5.91 Å². The van der Waals surface area contributed by atoms with Gasteiger partial charge in [0, 0.05) is 31.5 Å². The van der Waals surface area contributed by atoms with Crippen molar-refractivity contribution < 1.29 is 34.1 Å². The average Bonchev–Trinajstić information content (AvgIpc) is 3.63. The third kappa shape index (κ3) is 5.89. The zero-order valence-corrected chi connectivity index (χ0v) is 26.3. The second-order valence-electron chi connectivity index (χ2n) is 12.3. The lowest BCUT2D eigenvalue weighted by molar-refractivity contribution is -0.128. The normalized spacial score (nSPS) is 17.2. The number of piperazine rings is 1. The molecule has 0 radical (unpaired) electrons. The van der Waals surface area contributed by atoms with Crippen LogP contribution in [0.4, 0.5) is 9.59 Å². The summed E-state index contributed by atoms with van der Waals surface area (Å²) in [5, 5.41) is 21.7. The van der Waals surface area contributed by atoms with Crippen LogP contribution in [0, 0.1) is 0 Å². The maximum Gasteiger partial charge on any atom is 0.410 e. The number of amides is 3. The number of carbonyl (C=O) groups excluding carboxylic acids is 3. The Morgan fingerprint density at radius 1 is 0.688 bits per heavy atom. The lowest BCUT2D eigenvalue weighted by Crippen LogP contribution is -2.62. The first-order valence-electron chi connectivity index (χ1n) is 16.2. The van der Waals surface area contributed by atoms with Gasteiger partial charge >= 0.3 is 12.2 Å². The van der Waals surface area contributed by atoms with Crippen molar-refractivity contribution in [2.45, 2.75) is 24.0 Å². The van der Waals surface area contributed by atoms with Crippen LogP contribution < -0.4 is 5.32 Å². The van der Waals surface area contributed by atoms with Crippen LogP contribution in [-0.2, 0) is 14.3 Å². The van der Waals surface area contributed by atoms with Crippen LogP contribution in [0.15, 0.2) is 97.1 Å². The fourth-order valence-corrected chi connectivity index (χ4v) is 7.15. The number of fused-ring (bicyclic) bond motifs is 6. The number of benzene rings is 4. The molecule has 0 spiro atoms. The molecule has 1 aliphatic heterocycles. The third-order valence-electron chi connectivity index (χ3n) is 9.57. The molecule has 0 bridgehead atoms. The molecule has 4 aromatic carbocycles. The summed E-state index contributed by atoms with van der Waals surface area (Å²) in [6, 6.07) is 31.1. The highest BCUT2D eigenvalue weighted by Crippen LogP contribution is 2.45. The van der Waals surface area contributed by atoms with Crippen LogP contribution in [0.25, 0.3) is 22.3 Å². The second kappa shape index (κ2) is 13.5. The van der Waals surface area contributed by atoms with Gasteiger partial charge in [-0.2, -0.15) is 0 Å². The zero-order chi connectivity index (χ0) is 33.2. The average molecular weight is 648 g/mol. The molecule has 4 aromatic rings. The number of hydrogen-bond acceptors (Lipinski definition) is 7. The summed E-state index contributed by atoms with van der Waals surface area (Å²) in [5.41, 5.74) is 8.76. The van der Waals surface area contributed by atoms with E-state index in [1.54, 1.807) is 0 Å². The van der Waals surface area contributed by atoms with Gasteiger partial charge in [-0.15, -0.1) is 0 Å². The maximum atomic E-state index is 13.6. The third-order valence-corrected chi connectivity index (χ3v) is 9.57. The monoisotopic (exact) mass is 647 g/mol. The molecule has 10 heteroatoms. The van der Waals surface area contributed by atoms with Gasteiger partial charge in [0.05, 0.1) is 19.3 Å². The van der Waals surface area contributed by atoms with E-state index >= 15 is 0 Å². The number of aliphatic hydroxyl groups excluding tert-OH is 2. The van der Waals surface area contributed by atoms with Crippen LogP contribution in [0.2, 0.25) is 0 Å². The van der Waals surface area contributed by atoms with Crippen LogP contribution >= 0.6 is 0 Å². The first-order valence-corrected chi connectivity index (χ1v) is 16.2. The number of aliphatic hydroxyl groups is 2. The molecule has 3 aliphatic rings. The Balaban J connectivity index is 1.04. The first-order chi connectivity index (χ1) is 23.4. The summed E-state index contributed by atoms with van der Waals surface area (Å²) in [4.78, 5) is 43.2. The van der Waals surface area contributed by atoms with Crippen molar-refractivity contribution in [3.8, 4) is 22.3 Å². The summed E-state index contributed by atoms with van der Waals surface area (Å²) in [5.74, 6) is -0.856. The standard InChI is InChI=1S/C38H37N3O7/c42-21-24(43)19-39-36(44)35-20-40(37(45)47-22-33-29-13-5-1-9-25(29)26-10-2-6-14-30(26)33)17-18-41(35)38(46)48-23-34-31-15-7-3-11-27(31)28-12-4-8-16-32(28)34/h1-16,24,33-35,42-43H,17-23H2,(H,39,44). The molecule has 1 saturated heterocycles. The molecule has 3 amide bonds. The molecule has 3 N–H and O–H groups in total. The van der Waals surface area contributed by atoms with Gasteiger partial charge in [0.25, 0.3) is 0 Å². The summed E-state index contributed by atoms with van der Waals surface area (Å²) >= 11 is 0. The number of ether oxygens (including phenoxy) is 2. The minimum atomic E-state index is -1.17. The summed E-state index contributed by atoms with van der Waals surface area (Å²) < 4.78 is 11.7. The lowest BCUT2D eigenvalue weighted by atomic mass is 9.98. The van der Waals surface area contributed by atoms with E-state index in [0.717, 1.165) is 44.5 Å². The number of carbonyl (C=O) groups is 3. The molecule has 2 atom stereocenters. The minimum absolute atomic E-state index is 0.0432. The van der Waals surface area contributed by atoms with Crippen molar-refractivity contribution >= 4 is 18.1 Å². The van der Waals surface area contributed by atoms with Crippen molar-refractivity contribution in [2.75, 3.05) is 46.0 Å². The summed E-state index contributed by atoms with van der Waals surface area (Å²) in [6.45, 7) is -0.481. The van der Waals surface area contributed by atoms with Gasteiger partial charge in [-0.25, -0.2) is 9.59 Å². The van der Waals surface area contributed by atoms with Crippen LogP contribution in [-0.4, -0.2) is 96.3 Å². The largest absolute Gasteiger partial charge is 0.448 e. The number of nitrogens with one attached hydrogen (secondary N) is 1. The van der Waals surface area contributed by atoms with E-state index in [2.05, 4.69) is 29.6 Å². The van der Waals surface area contributed by atoms with Crippen molar-refractivity contribution in [2.24, 2.45) is 0 Å². The van der Waals surface area contributed by atoms with E-state index in [9.17, 15) is 24.6 Å². The Morgan fingerprint density at radius 3 is 1.58 bits per heavy atom. The van der Waals surface area contributed by atoms with Gasteiger partial charge < -0.3 is 29.9 Å². The Labute approximate surface area is 278 Å². The lowest BCUT2D eigenvalue weighted by Gasteiger charge is -2.39. The zero-order valence-electron chi connectivity index (χ0n) is 26.3. The molecule has 7 rings (SSSR count). The van der Waals surface area contributed by atoms with E-state index < -0.39 is 36.8 Å². The molecule has 2 aliphatic carbocycles. The van der Waals surface area contributed by atoms with E-state index in [-0.39, 0.29) is 51.2 Å². The van der Waals surface area contributed by atoms with Gasteiger partial charge in [-0.1, -0.05) is 97.1 Å². The van der Waals surface area contributed by atoms with Crippen molar-refractivity contribution in [3.05, 3.63) is 119 Å². The molecule has 0 aromatic heterocycles. The highest BCUT2D eigenvalue weighted by atomic mass is 16.6. The predicted molar refractivity (Wildman–Crippen MR) is 178 cm³/mol. The molecule has 0 saturated carbocycles. The van der Waals surface area contributed by atoms with E-state index in [4.69, 9.17) is 9.47 Å². The molecule has 246 valence electrons. The molecule has 2 unspecified atom stereocenters. The predicted octanol–water partition coefficient (Wildman–Crippen LogP) is 4.34. The maximum absolute atomic E-state index is 13.6. The molecule has 48 heavy (non-hydrogen) atoms. The van der Waals surface area contributed by atoms with Crippen LogP contribution in [0.3, 0.4) is 0 Å². The van der Waals surface area contributed by atoms with Gasteiger partial charge in [-0.05, 0) is 44.5 Å². The van der Waals surface area contributed by atoms with Crippen molar-refractivity contribution in [1.29, 1.82) is 0 Å². The Bertz CT molecular complexity index is 1750. The smallest absolute Gasteiger partial charge is 0.410 e. The van der Waals surface area contributed by atoms with E-state index in [0.29, 0.717) is 0 Å². The van der Waals surface area contributed by atoms with Crippen molar-refractivity contribution in [3.63, 3.8) is 0 Å². The molecular weight excluding hydrogens is 610 g/mol. The van der Waals surface area contributed by atoms with Gasteiger partial charge in [0.15, 0.2) is 0 Å². The fourth-order valence-electron chi connectivity index (χ4n) is 7.15. The highest BCUT2D eigenvalue weighted by Gasteiger charge is 2.40. The number of rotatable bonds is 8. The number of nitrogens with zero attached hydrogens (tertiary/aromatic N) is 2. The molecular formula is C38H37N3O7. The van der Waals surface area contributed by atoms with E-state index in [1.165, 1.54) is 9.80 Å². The Hall–Kier alpha value is -5.19. The van der Waals surface area contributed by atoms with Crippen LogP contribution in [0.5, 0.6) is 0 Å². The molecule has 10 nitrogen and oxygen atoms in total. The van der Waals surface area contributed by atoms with Gasteiger partial charge in [-0.3, -0.25) is 9.69 Å². The van der Waals surface area contributed by atoms with E-state index in [1.807, 2.05) is 72.8 Å². The second-order valence-corrected chi connectivity index (χ2v) is 12.3. The molecule has 1 fully saturated rings. The molecule has 1 heterocycles. The quantitative estimate of drug-likeness (QED) is 0.260. The van der Waals surface area contributed by atoms with Gasteiger partial charge in [0.1, 0.15) is 19.3 Å².